The standard InChI is InChI=1S/C18H22N4O3/c1-6-14(11(2)3)20-18(23)19-12(4)17-21-16(22-25-17)13-9-7-8-10-15(13)24-5/h1,7-12,14H,2-5H3,(H2,19,20,23)/t12-,14+/m0/s1. The number of urea groups is 1. The molecule has 2 aromatic rings. The lowest BCUT2D eigenvalue weighted by atomic mass is 10.1. The number of carbonyl (C=O) groups excluding carboxylic acids is 1. The number of rotatable bonds is 6. The van der Waals surface area contributed by atoms with Crippen molar-refractivity contribution < 1.29 is 14.1 Å². The molecule has 25 heavy (non-hydrogen) atoms. The van der Waals surface area contributed by atoms with Crippen molar-refractivity contribution >= 4 is 6.03 Å². The average molecular weight is 342 g/mol. The maximum atomic E-state index is 12.1. The summed E-state index contributed by atoms with van der Waals surface area (Å²) >= 11 is 0. The van der Waals surface area contributed by atoms with Crippen molar-refractivity contribution in [2.24, 2.45) is 5.92 Å². The third-order valence-corrected chi connectivity index (χ3v) is 3.64. The minimum atomic E-state index is -0.471. The van der Waals surface area contributed by atoms with Crippen LogP contribution >= 0.6 is 0 Å². The molecule has 0 bridgehead atoms. The van der Waals surface area contributed by atoms with Crippen LogP contribution in [0.15, 0.2) is 28.8 Å². The molecule has 0 saturated heterocycles. The fraction of sp³-hybridized carbons (Fsp3) is 0.389. The highest BCUT2D eigenvalue weighted by Gasteiger charge is 2.20. The molecule has 0 aliphatic heterocycles. The van der Waals surface area contributed by atoms with Crippen molar-refractivity contribution in [2.45, 2.75) is 32.9 Å². The molecule has 0 aliphatic rings. The summed E-state index contributed by atoms with van der Waals surface area (Å²) < 4.78 is 10.6. The van der Waals surface area contributed by atoms with E-state index in [9.17, 15) is 4.79 Å². The second-order valence-corrected chi connectivity index (χ2v) is 5.88. The maximum Gasteiger partial charge on any atom is 0.316 e. The van der Waals surface area contributed by atoms with Crippen LogP contribution in [-0.4, -0.2) is 29.3 Å². The van der Waals surface area contributed by atoms with E-state index in [0.29, 0.717) is 17.1 Å². The van der Waals surface area contributed by atoms with E-state index in [0.717, 1.165) is 0 Å². The van der Waals surface area contributed by atoms with Crippen molar-refractivity contribution in [1.82, 2.24) is 20.8 Å². The number of benzene rings is 1. The van der Waals surface area contributed by atoms with Gasteiger partial charge in [-0.3, -0.25) is 0 Å². The molecule has 0 fully saturated rings. The van der Waals surface area contributed by atoms with E-state index in [4.69, 9.17) is 15.7 Å². The fourth-order valence-electron chi connectivity index (χ4n) is 2.19. The Hall–Kier alpha value is -3.01. The van der Waals surface area contributed by atoms with E-state index < -0.39 is 6.04 Å². The van der Waals surface area contributed by atoms with Gasteiger partial charge in [0.1, 0.15) is 11.8 Å². The summed E-state index contributed by atoms with van der Waals surface area (Å²) in [5.74, 6) is 4.00. The van der Waals surface area contributed by atoms with Gasteiger partial charge in [0.05, 0.1) is 18.7 Å². The molecule has 132 valence electrons. The Balaban J connectivity index is 2.07. The Morgan fingerprint density at radius 2 is 2.00 bits per heavy atom. The molecular formula is C18H22N4O3. The first kappa shape index (κ1) is 18.3. The third kappa shape index (κ3) is 4.51. The van der Waals surface area contributed by atoms with Crippen LogP contribution in [0.2, 0.25) is 0 Å². The first-order valence-electron chi connectivity index (χ1n) is 7.96. The van der Waals surface area contributed by atoms with Gasteiger partial charge in [-0.1, -0.05) is 37.1 Å². The molecule has 1 heterocycles. The molecule has 1 aromatic carbocycles. The van der Waals surface area contributed by atoms with Crippen LogP contribution in [0.5, 0.6) is 5.75 Å². The molecule has 0 spiro atoms. The van der Waals surface area contributed by atoms with E-state index in [1.165, 1.54) is 0 Å². The number of methoxy groups -OCH3 is 1. The summed E-state index contributed by atoms with van der Waals surface area (Å²) in [5.41, 5.74) is 0.712. The van der Waals surface area contributed by atoms with Crippen LogP contribution in [0, 0.1) is 18.3 Å². The molecule has 7 nitrogen and oxygen atoms in total. The normalized spacial score (nSPS) is 13.0. The van der Waals surface area contributed by atoms with Gasteiger partial charge in [0.2, 0.25) is 11.7 Å². The van der Waals surface area contributed by atoms with Crippen molar-refractivity contribution in [3.05, 3.63) is 30.2 Å². The van der Waals surface area contributed by atoms with Crippen LogP contribution in [-0.2, 0) is 0 Å². The van der Waals surface area contributed by atoms with Gasteiger partial charge in [0, 0.05) is 0 Å². The lowest BCUT2D eigenvalue weighted by molar-refractivity contribution is 0.230. The number of para-hydroxylation sites is 1. The number of amides is 2. The summed E-state index contributed by atoms with van der Waals surface area (Å²) in [6.07, 6.45) is 5.41. The molecule has 0 radical (unpaired) electrons. The topological polar surface area (TPSA) is 89.3 Å². The molecule has 0 saturated carbocycles. The molecule has 7 heteroatoms. The van der Waals surface area contributed by atoms with E-state index in [1.807, 2.05) is 38.1 Å². The Kier molecular flexibility index (Phi) is 6.01. The summed E-state index contributed by atoms with van der Waals surface area (Å²) in [4.78, 5) is 16.4. The number of nitrogens with zero attached hydrogens (tertiary/aromatic N) is 2. The zero-order chi connectivity index (χ0) is 18.4. The lowest BCUT2D eigenvalue weighted by Crippen LogP contribution is -2.44. The average Bonchev–Trinajstić information content (AvgIpc) is 3.09. The van der Waals surface area contributed by atoms with Crippen LogP contribution in [0.25, 0.3) is 11.4 Å². The zero-order valence-corrected chi connectivity index (χ0v) is 14.7. The summed E-state index contributed by atoms with van der Waals surface area (Å²) in [6, 6.07) is 6.15. The number of hydrogen-bond acceptors (Lipinski definition) is 5. The van der Waals surface area contributed by atoms with Gasteiger partial charge in [-0.25, -0.2) is 4.79 Å². The van der Waals surface area contributed by atoms with Gasteiger partial charge in [-0.05, 0) is 25.0 Å². The van der Waals surface area contributed by atoms with Crippen molar-refractivity contribution in [3.63, 3.8) is 0 Å². The number of carbonyl (C=O) groups is 1. The summed E-state index contributed by atoms with van der Waals surface area (Å²) in [7, 11) is 1.57. The minimum Gasteiger partial charge on any atom is -0.496 e. The Morgan fingerprint density at radius 3 is 2.64 bits per heavy atom. The number of aromatic nitrogens is 2. The molecule has 2 rings (SSSR count). The fourth-order valence-corrected chi connectivity index (χ4v) is 2.19. The van der Waals surface area contributed by atoms with E-state index in [-0.39, 0.29) is 23.9 Å². The first-order valence-corrected chi connectivity index (χ1v) is 7.96. The number of hydrogen-bond donors (Lipinski definition) is 2. The van der Waals surface area contributed by atoms with Crippen LogP contribution in [0.1, 0.15) is 32.7 Å². The molecule has 2 N–H and O–H groups in total. The highest BCUT2D eigenvalue weighted by atomic mass is 16.5. The molecule has 0 unspecified atom stereocenters. The van der Waals surface area contributed by atoms with Gasteiger partial charge in [-0.15, -0.1) is 6.42 Å². The van der Waals surface area contributed by atoms with Crippen molar-refractivity contribution in [3.8, 4) is 29.5 Å². The predicted molar refractivity (Wildman–Crippen MR) is 93.8 cm³/mol. The molecule has 0 aliphatic carbocycles. The first-order chi connectivity index (χ1) is 12.0. The SMILES string of the molecule is C#C[C@@H](NC(=O)N[C@@H](C)c1nc(-c2ccccc2OC)no1)C(C)C. The zero-order valence-electron chi connectivity index (χ0n) is 14.7. The van der Waals surface area contributed by atoms with E-state index in [2.05, 4.69) is 26.7 Å². The highest BCUT2D eigenvalue weighted by molar-refractivity contribution is 5.75. The van der Waals surface area contributed by atoms with Gasteiger partial charge in [-0.2, -0.15) is 4.98 Å². The maximum absolute atomic E-state index is 12.1. The van der Waals surface area contributed by atoms with Gasteiger partial charge < -0.3 is 19.9 Å². The predicted octanol–water partition coefficient (Wildman–Crippen LogP) is 2.76. The summed E-state index contributed by atoms with van der Waals surface area (Å²) in [5, 5.41) is 9.42. The Morgan fingerprint density at radius 1 is 1.28 bits per heavy atom. The Bertz CT molecular complexity index is 764. The number of nitrogens with one attached hydrogen (secondary N) is 2. The molecule has 1 aromatic heterocycles. The quantitative estimate of drug-likeness (QED) is 0.788. The largest absolute Gasteiger partial charge is 0.496 e. The smallest absolute Gasteiger partial charge is 0.316 e. The number of terminal acetylenes is 1. The second-order valence-electron chi connectivity index (χ2n) is 5.88. The van der Waals surface area contributed by atoms with E-state index in [1.54, 1.807) is 14.0 Å². The van der Waals surface area contributed by atoms with Gasteiger partial charge >= 0.3 is 6.03 Å². The second kappa shape index (κ2) is 8.20. The van der Waals surface area contributed by atoms with Crippen molar-refractivity contribution in [2.75, 3.05) is 7.11 Å². The summed E-state index contributed by atoms with van der Waals surface area (Å²) in [6.45, 7) is 5.62. The monoisotopic (exact) mass is 342 g/mol. The van der Waals surface area contributed by atoms with Crippen LogP contribution in [0.3, 0.4) is 0 Å². The van der Waals surface area contributed by atoms with Gasteiger partial charge in [0.15, 0.2) is 0 Å². The molecule has 2 atom stereocenters. The highest BCUT2D eigenvalue weighted by Crippen LogP contribution is 2.27. The van der Waals surface area contributed by atoms with Crippen LogP contribution < -0.4 is 15.4 Å². The third-order valence-electron chi connectivity index (χ3n) is 3.64. The van der Waals surface area contributed by atoms with Crippen LogP contribution in [0.4, 0.5) is 4.79 Å². The minimum absolute atomic E-state index is 0.131. The molecular weight excluding hydrogens is 320 g/mol. The Labute approximate surface area is 147 Å². The van der Waals surface area contributed by atoms with Gasteiger partial charge in [0.25, 0.3) is 0 Å². The van der Waals surface area contributed by atoms with Crippen molar-refractivity contribution in [1.29, 1.82) is 0 Å². The number of ether oxygens (including phenoxy) is 1. The molecule has 2 amide bonds. The lowest BCUT2D eigenvalue weighted by Gasteiger charge is -2.18. The van der Waals surface area contributed by atoms with E-state index >= 15 is 0 Å².